The Hall–Kier alpha value is -2.59. The lowest BCUT2D eigenvalue weighted by molar-refractivity contribution is 0.0938. The summed E-state index contributed by atoms with van der Waals surface area (Å²) < 4.78 is 1.79. The highest BCUT2D eigenvalue weighted by atomic mass is 35.5. The summed E-state index contributed by atoms with van der Waals surface area (Å²) in [5.74, 6) is 0.00240. The summed E-state index contributed by atoms with van der Waals surface area (Å²) in [4.78, 5) is 12.9. The van der Waals surface area contributed by atoms with E-state index in [1.54, 1.807) is 10.9 Å². The number of nitrogens with zero attached hydrogens (tertiary/aromatic N) is 2. The SMILES string of the molecule is CC(C)c1c(C(=O)NC(C)c2ccccc2)cnn1-c1cccc(Cl)c1. The fourth-order valence-electron chi connectivity index (χ4n) is 3.00. The number of nitrogens with one attached hydrogen (secondary N) is 1. The number of rotatable bonds is 5. The molecule has 3 rings (SSSR count). The van der Waals surface area contributed by atoms with Gasteiger partial charge in [-0.2, -0.15) is 5.10 Å². The van der Waals surface area contributed by atoms with Gasteiger partial charge in [-0.15, -0.1) is 0 Å². The van der Waals surface area contributed by atoms with Gasteiger partial charge in [0.1, 0.15) is 0 Å². The fraction of sp³-hybridized carbons (Fsp3) is 0.238. The van der Waals surface area contributed by atoms with Gasteiger partial charge >= 0.3 is 0 Å². The van der Waals surface area contributed by atoms with Crippen molar-refractivity contribution in [3.63, 3.8) is 0 Å². The minimum absolute atomic E-state index is 0.0850. The molecule has 0 aliphatic heterocycles. The van der Waals surface area contributed by atoms with E-state index < -0.39 is 0 Å². The van der Waals surface area contributed by atoms with Crippen LogP contribution in [0.3, 0.4) is 0 Å². The number of hydrogen-bond donors (Lipinski definition) is 1. The molecule has 1 heterocycles. The van der Waals surface area contributed by atoms with Gasteiger partial charge in [0.2, 0.25) is 0 Å². The number of hydrogen-bond acceptors (Lipinski definition) is 2. The van der Waals surface area contributed by atoms with Gasteiger partial charge in [0, 0.05) is 5.02 Å². The Morgan fingerprint density at radius 1 is 1.08 bits per heavy atom. The molecular formula is C21H22ClN3O. The largest absolute Gasteiger partial charge is 0.345 e. The Balaban J connectivity index is 1.91. The molecule has 134 valence electrons. The fourth-order valence-corrected chi connectivity index (χ4v) is 3.19. The third-order valence-electron chi connectivity index (χ3n) is 4.30. The van der Waals surface area contributed by atoms with Gasteiger partial charge in [0.15, 0.2) is 0 Å². The van der Waals surface area contributed by atoms with E-state index in [2.05, 4.69) is 24.3 Å². The lowest BCUT2D eigenvalue weighted by Crippen LogP contribution is -2.27. The zero-order valence-corrected chi connectivity index (χ0v) is 15.9. The summed E-state index contributed by atoms with van der Waals surface area (Å²) in [6.45, 7) is 6.08. The molecule has 1 amide bonds. The van der Waals surface area contributed by atoms with Crippen LogP contribution in [0.15, 0.2) is 60.8 Å². The van der Waals surface area contributed by atoms with Gasteiger partial charge in [-0.3, -0.25) is 4.79 Å². The summed E-state index contributed by atoms with van der Waals surface area (Å²) in [7, 11) is 0. The molecule has 1 unspecified atom stereocenters. The van der Waals surface area contributed by atoms with Crippen molar-refractivity contribution in [2.24, 2.45) is 0 Å². The van der Waals surface area contributed by atoms with Gasteiger partial charge in [-0.25, -0.2) is 4.68 Å². The molecule has 1 atom stereocenters. The van der Waals surface area contributed by atoms with Crippen LogP contribution in [0.1, 0.15) is 54.3 Å². The highest BCUT2D eigenvalue weighted by Crippen LogP contribution is 2.25. The predicted octanol–water partition coefficient (Wildman–Crippen LogP) is 5.14. The van der Waals surface area contributed by atoms with Crippen LogP contribution in [0, 0.1) is 0 Å². The molecule has 0 spiro atoms. The predicted molar refractivity (Wildman–Crippen MR) is 105 cm³/mol. The van der Waals surface area contributed by atoms with Crippen LogP contribution in [0.2, 0.25) is 5.02 Å². The zero-order chi connectivity index (χ0) is 18.7. The van der Waals surface area contributed by atoms with Crippen molar-refractivity contribution in [3.8, 4) is 5.69 Å². The van der Waals surface area contributed by atoms with Crippen LogP contribution in [-0.2, 0) is 0 Å². The second-order valence-corrected chi connectivity index (χ2v) is 7.03. The molecule has 0 aliphatic rings. The van der Waals surface area contributed by atoms with E-state index in [-0.39, 0.29) is 17.9 Å². The molecule has 0 radical (unpaired) electrons. The second-order valence-electron chi connectivity index (χ2n) is 6.60. The number of amides is 1. The van der Waals surface area contributed by atoms with Crippen molar-refractivity contribution < 1.29 is 4.79 Å². The summed E-state index contributed by atoms with van der Waals surface area (Å²) in [6, 6.07) is 17.3. The molecule has 1 aromatic heterocycles. The monoisotopic (exact) mass is 367 g/mol. The Morgan fingerprint density at radius 3 is 2.46 bits per heavy atom. The summed E-state index contributed by atoms with van der Waals surface area (Å²) in [5.41, 5.74) is 3.36. The Bertz CT molecular complexity index is 903. The van der Waals surface area contributed by atoms with E-state index >= 15 is 0 Å². The number of carbonyl (C=O) groups excluding carboxylic acids is 1. The van der Waals surface area contributed by atoms with Crippen molar-refractivity contribution in [1.29, 1.82) is 0 Å². The summed E-state index contributed by atoms with van der Waals surface area (Å²) in [6.07, 6.45) is 1.63. The molecular weight excluding hydrogens is 346 g/mol. The minimum atomic E-state index is -0.127. The molecule has 5 heteroatoms. The molecule has 2 aromatic carbocycles. The summed E-state index contributed by atoms with van der Waals surface area (Å²) >= 11 is 6.11. The maximum absolute atomic E-state index is 12.9. The minimum Gasteiger partial charge on any atom is -0.345 e. The maximum atomic E-state index is 12.9. The lowest BCUT2D eigenvalue weighted by atomic mass is 10.0. The van der Waals surface area contributed by atoms with E-state index in [9.17, 15) is 4.79 Å². The molecule has 0 saturated carbocycles. The Kier molecular flexibility index (Phi) is 5.43. The Labute approximate surface area is 158 Å². The molecule has 0 bridgehead atoms. The number of benzene rings is 2. The first kappa shape index (κ1) is 18.2. The van der Waals surface area contributed by atoms with Crippen LogP contribution in [-0.4, -0.2) is 15.7 Å². The van der Waals surface area contributed by atoms with Gasteiger partial charge in [-0.05, 0) is 36.6 Å². The molecule has 0 saturated heterocycles. The molecule has 0 aliphatic carbocycles. The van der Waals surface area contributed by atoms with E-state index in [1.165, 1.54) is 0 Å². The molecule has 3 aromatic rings. The molecule has 0 fully saturated rings. The van der Waals surface area contributed by atoms with Crippen molar-refractivity contribution in [1.82, 2.24) is 15.1 Å². The normalized spacial score (nSPS) is 12.2. The van der Waals surface area contributed by atoms with Crippen LogP contribution in [0.25, 0.3) is 5.69 Å². The van der Waals surface area contributed by atoms with Crippen LogP contribution < -0.4 is 5.32 Å². The molecule has 1 N–H and O–H groups in total. The Morgan fingerprint density at radius 2 is 1.81 bits per heavy atom. The first-order chi connectivity index (χ1) is 12.5. The smallest absolute Gasteiger partial charge is 0.255 e. The van der Waals surface area contributed by atoms with Gasteiger partial charge in [-0.1, -0.05) is 61.8 Å². The second kappa shape index (κ2) is 7.75. The molecule has 4 nitrogen and oxygen atoms in total. The highest BCUT2D eigenvalue weighted by Gasteiger charge is 2.22. The summed E-state index contributed by atoms with van der Waals surface area (Å²) in [5, 5.41) is 8.15. The average molecular weight is 368 g/mol. The first-order valence-corrected chi connectivity index (χ1v) is 9.05. The van der Waals surface area contributed by atoms with Crippen LogP contribution in [0.4, 0.5) is 0 Å². The standard InChI is InChI=1S/C21H22ClN3O/c1-14(2)20-19(13-23-25(20)18-11-7-10-17(22)12-18)21(26)24-15(3)16-8-5-4-6-9-16/h4-15H,1-3H3,(H,24,26). The third kappa shape index (κ3) is 3.81. The maximum Gasteiger partial charge on any atom is 0.255 e. The van der Waals surface area contributed by atoms with Gasteiger partial charge in [0.25, 0.3) is 5.91 Å². The van der Waals surface area contributed by atoms with Crippen LogP contribution in [0.5, 0.6) is 0 Å². The highest BCUT2D eigenvalue weighted by molar-refractivity contribution is 6.30. The van der Waals surface area contributed by atoms with E-state index in [1.807, 2.05) is 61.5 Å². The first-order valence-electron chi connectivity index (χ1n) is 8.67. The van der Waals surface area contributed by atoms with Crippen molar-refractivity contribution in [2.75, 3.05) is 0 Å². The van der Waals surface area contributed by atoms with E-state index in [0.29, 0.717) is 10.6 Å². The van der Waals surface area contributed by atoms with Crippen LogP contribution >= 0.6 is 11.6 Å². The van der Waals surface area contributed by atoms with Crippen molar-refractivity contribution >= 4 is 17.5 Å². The van der Waals surface area contributed by atoms with Gasteiger partial charge in [0.05, 0.1) is 29.2 Å². The topological polar surface area (TPSA) is 46.9 Å². The quantitative estimate of drug-likeness (QED) is 0.678. The van der Waals surface area contributed by atoms with Crippen molar-refractivity contribution in [3.05, 3.63) is 82.6 Å². The number of aromatic nitrogens is 2. The zero-order valence-electron chi connectivity index (χ0n) is 15.1. The number of carbonyl (C=O) groups is 1. The van der Waals surface area contributed by atoms with E-state index in [4.69, 9.17) is 11.6 Å². The lowest BCUT2D eigenvalue weighted by Gasteiger charge is -2.16. The van der Waals surface area contributed by atoms with Gasteiger partial charge < -0.3 is 5.32 Å². The van der Waals surface area contributed by atoms with Crippen molar-refractivity contribution in [2.45, 2.75) is 32.7 Å². The number of halogens is 1. The molecule has 26 heavy (non-hydrogen) atoms. The third-order valence-corrected chi connectivity index (χ3v) is 4.53. The van der Waals surface area contributed by atoms with E-state index in [0.717, 1.165) is 16.9 Å². The average Bonchev–Trinajstić information content (AvgIpc) is 3.08.